The lowest BCUT2D eigenvalue weighted by atomic mass is 9.73. The van der Waals surface area contributed by atoms with Gasteiger partial charge in [-0.05, 0) is 62.4 Å². The largest absolute Gasteiger partial charge is 0.359 e. The van der Waals surface area contributed by atoms with Crippen LogP contribution in [0.3, 0.4) is 0 Å². The highest BCUT2D eigenvalue weighted by molar-refractivity contribution is 6.35. The van der Waals surface area contributed by atoms with Gasteiger partial charge in [0.15, 0.2) is 0 Å². The van der Waals surface area contributed by atoms with Crippen molar-refractivity contribution in [3.05, 3.63) is 40.4 Å². The molecule has 3 aliphatic heterocycles. The van der Waals surface area contributed by atoms with E-state index in [-0.39, 0.29) is 23.8 Å². The third-order valence-corrected chi connectivity index (χ3v) is 10.3. The van der Waals surface area contributed by atoms with Crippen LogP contribution in [-0.4, -0.2) is 77.5 Å². The quantitative estimate of drug-likeness (QED) is 0.335. The molecule has 10 heteroatoms. The van der Waals surface area contributed by atoms with E-state index in [0.29, 0.717) is 40.7 Å². The Morgan fingerprint density at radius 3 is 2.40 bits per heavy atom. The topological polar surface area (TPSA) is 91.0 Å². The minimum absolute atomic E-state index is 0.0413. The van der Waals surface area contributed by atoms with Crippen LogP contribution in [0.4, 0.5) is 5.69 Å². The maximum absolute atomic E-state index is 14.3. The van der Waals surface area contributed by atoms with E-state index in [4.69, 9.17) is 27.9 Å². The summed E-state index contributed by atoms with van der Waals surface area (Å²) in [5.41, 5.74) is -0.742. The lowest BCUT2D eigenvalue weighted by Crippen LogP contribution is -2.58. The highest BCUT2D eigenvalue weighted by Crippen LogP contribution is 2.55. The van der Waals surface area contributed by atoms with Crippen molar-refractivity contribution in [1.82, 2.24) is 15.1 Å². The zero-order valence-electron chi connectivity index (χ0n) is 25.1. The Labute approximate surface area is 259 Å². The molecule has 2 N–H and O–H groups in total. The van der Waals surface area contributed by atoms with Crippen molar-refractivity contribution in [3.63, 3.8) is 0 Å². The van der Waals surface area contributed by atoms with Crippen molar-refractivity contribution < 1.29 is 19.1 Å². The number of nitrogens with one attached hydrogen (secondary N) is 2. The van der Waals surface area contributed by atoms with Gasteiger partial charge in [-0.1, -0.05) is 75.9 Å². The fraction of sp³-hybridized carbons (Fsp3) is 0.656. The number of nitrogens with zero attached hydrogens (tertiary/aromatic N) is 2. The molecule has 1 spiro atoms. The molecule has 0 unspecified atom stereocenters. The number of fused-ring (bicyclic) bond motifs is 1. The van der Waals surface area contributed by atoms with Gasteiger partial charge in [-0.3, -0.25) is 14.4 Å². The smallest absolute Gasteiger partial charge is 0.246 e. The summed E-state index contributed by atoms with van der Waals surface area (Å²) in [7, 11) is 0. The summed E-state index contributed by atoms with van der Waals surface area (Å²) in [4.78, 5) is 46.3. The maximum Gasteiger partial charge on any atom is 0.246 e. The number of likely N-dealkylation sites (tertiary alicyclic amines) is 1. The summed E-state index contributed by atoms with van der Waals surface area (Å²) in [5.74, 6) is -1.48. The van der Waals surface area contributed by atoms with Gasteiger partial charge in [-0.2, -0.15) is 0 Å². The summed E-state index contributed by atoms with van der Waals surface area (Å²) in [5, 5.41) is 7.02. The number of benzene rings is 1. The van der Waals surface area contributed by atoms with Crippen molar-refractivity contribution in [1.29, 1.82) is 0 Å². The van der Waals surface area contributed by atoms with Crippen molar-refractivity contribution >= 4 is 46.6 Å². The van der Waals surface area contributed by atoms with Crippen LogP contribution in [0, 0.1) is 23.7 Å². The van der Waals surface area contributed by atoms with Crippen molar-refractivity contribution in [2.24, 2.45) is 23.7 Å². The first-order valence-electron chi connectivity index (χ1n) is 15.6. The average molecular weight is 620 g/mol. The number of halogens is 2. The summed E-state index contributed by atoms with van der Waals surface area (Å²) in [6.07, 6.45) is 8.26. The first-order valence-corrected chi connectivity index (χ1v) is 16.3. The minimum Gasteiger partial charge on any atom is -0.359 e. The second-order valence-electron chi connectivity index (χ2n) is 12.6. The molecule has 3 heterocycles. The molecule has 3 fully saturated rings. The van der Waals surface area contributed by atoms with Crippen LogP contribution < -0.4 is 10.6 Å². The van der Waals surface area contributed by atoms with Crippen molar-refractivity contribution in [2.75, 3.05) is 31.5 Å². The number of rotatable bonds is 11. The molecule has 0 radical (unpaired) electrons. The molecule has 42 heavy (non-hydrogen) atoms. The lowest BCUT2D eigenvalue weighted by molar-refractivity contribution is -0.141. The van der Waals surface area contributed by atoms with E-state index in [1.807, 2.05) is 12.2 Å². The first-order chi connectivity index (χ1) is 20.1. The Balaban J connectivity index is 1.43. The number of anilines is 1. The van der Waals surface area contributed by atoms with E-state index in [2.05, 4.69) is 43.2 Å². The Hall–Kier alpha value is -2.13. The molecule has 1 saturated carbocycles. The average Bonchev–Trinajstić information content (AvgIpc) is 3.57. The number of ether oxygens (including phenoxy) is 1. The highest BCUT2D eigenvalue weighted by atomic mass is 35.5. The standard InChI is InChI=1S/C32H44Cl2N4O4/c1-5-12-37(13-6-2)14-15-38-28(30(40)36-24-9-7-8-19(3)20(24)4)32-11-10-25(42-32)26(27(32)31(38)41)29(39)35-23-17-21(33)16-22(34)18-23/h10-11,16-20,24-28H,5-9,12-15H2,1-4H3,(H,35,39)(H,36,40)/t19-,20+,24+,25-,26+,27-,28-,32-/m0/s1. The first kappa shape index (κ1) is 31.3. The fourth-order valence-corrected chi connectivity index (χ4v) is 8.15. The van der Waals surface area contributed by atoms with E-state index in [1.165, 1.54) is 0 Å². The second kappa shape index (κ2) is 12.8. The molecular weight excluding hydrogens is 575 g/mol. The molecule has 8 atom stereocenters. The summed E-state index contributed by atoms with van der Waals surface area (Å²) < 4.78 is 6.52. The molecule has 1 aliphatic carbocycles. The molecule has 1 aromatic carbocycles. The summed E-state index contributed by atoms with van der Waals surface area (Å²) in [6, 6.07) is 4.02. The molecule has 0 aromatic heterocycles. The van der Waals surface area contributed by atoms with Crippen LogP contribution in [0.1, 0.15) is 59.8 Å². The van der Waals surface area contributed by atoms with Gasteiger partial charge >= 0.3 is 0 Å². The third-order valence-electron chi connectivity index (χ3n) is 9.83. The molecule has 3 amide bonds. The van der Waals surface area contributed by atoms with Gasteiger partial charge in [0.05, 0.1) is 17.9 Å². The molecular formula is C32H44Cl2N4O4. The number of hydrogen-bond donors (Lipinski definition) is 2. The molecule has 4 aliphatic rings. The monoisotopic (exact) mass is 618 g/mol. The van der Waals surface area contributed by atoms with E-state index in [0.717, 1.165) is 45.2 Å². The van der Waals surface area contributed by atoms with Crippen LogP contribution in [0.5, 0.6) is 0 Å². The molecule has 2 bridgehead atoms. The number of amides is 3. The van der Waals surface area contributed by atoms with Crippen LogP contribution >= 0.6 is 23.2 Å². The minimum atomic E-state index is -1.19. The van der Waals surface area contributed by atoms with E-state index in [9.17, 15) is 14.4 Å². The zero-order chi connectivity index (χ0) is 30.2. The summed E-state index contributed by atoms with van der Waals surface area (Å²) in [6.45, 7) is 11.6. The van der Waals surface area contributed by atoms with E-state index >= 15 is 0 Å². The van der Waals surface area contributed by atoms with E-state index in [1.54, 1.807) is 23.1 Å². The molecule has 230 valence electrons. The van der Waals surface area contributed by atoms with Gasteiger partial charge in [0.2, 0.25) is 17.7 Å². The van der Waals surface area contributed by atoms with Crippen LogP contribution in [0.25, 0.3) is 0 Å². The molecule has 2 saturated heterocycles. The van der Waals surface area contributed by atoms with Crippen molar-refractivity contribution in [2.45, 2.75) is 83.6 Å². The normalized spacial score (nSPS) is 33.4. The van der Waals surface area contributed by atoms with Gasteiger partial charge in [0.25, 0.3) is 0 Å². The van der Waals surface area contributed by atoms with Crippen LogP contribution in [-0.2, 0) is 19.1 Å². The van der Waals surface area contributed by atoms with Gasteiger partial charge in [-0.15, -0.1) is 0 Å². The highest BCUT2D eigenvalue weighted by Gasteiger charge is 2.72. The SMILES string of the molecule is CCCN(CCC)CCN1C(=O)[C@@H]2[C@H](C(=O)Nc3cc(Cl)cc(Cl)c3)[C@@H]3C=C[C@@]2(O3)[C@@H]1C(=O)N[C@@H]1CCC[C@H](C)[C@H]1C. The molecule has 1 aromatic rings. The third kappa shape index (κ3) is 5.84. The lowest BCUT2D eigenvalue weighted by Gasteiger charge is -2.38. The predicted octanol–water partition coefficient (Wildman–Crippen LogP) is 5.15. The van der Waals surface area contributed by atoms with Gasteiger partial charge in [-0.25, -0.2) is 0 Å². The predicted molar refractivity (Wildman–Crippen MR) is 165 cm³/mol. The summed E-state index contributed by atoms with van der Waals surface area (Å²) >= 11 is 12.3. The number of carbonyl (C=O) groups is 3. The molecule has 8 nitrogen and oxygen atoms in total. The zero-order valence-corrected chi connectivity index (χ0v) is 26.6. The van der Waals surface area contributed by atoms with Crippen LogP contribution in [0.15, 0.2) is 30.4 Å². The Morgan fingerprint density at radius 1 is 1.05 bits per heavy atom. The molecule has 5 rings (SSSR count). The maximum atomic E-state index is 14.3. The van der Waals surface area contributed by atoms with Crippen molar-refractivity contribution in [3.8, 4) is 0 Å². The fourth-order valence-electron chi connectivity index (χ4n) is 7.62. The van der Waals surface area contributed by atoms with Gasteiger partial charge in [0.1, 0.15) is 11.6 Å². The Bertz CT molecular complexity index is 1200. The van der Waals surface area contributed by atoms with E-state index < -0.39 is 29.6 Å². The van der Waals surface area contributed by atoms with Gasteiger partial charge in [0, 0.05) is 34.9 Å². The Kier molecular flexibility index (Phi) is 9.57. The second-order valence-corrected chi connectivity index (χ2v) is 13.5. The van der Waals surface area contributed by atoms with Gasteiger partial charge < -0.3 is 25.2 Å². The number of hydrogen-bond acceptors (Lipinski definition) is 5. The number of carbonyl (C=O) groups excluding carboxylic acids is 3. The van der Waals surface area contributed by atoms with Crippen LogP contribution in [0.2, 0.25) is 10.0 Å². The Morgan fingerprint density at radius 2 is 1.74 bits per heavy atom.